The van der Waals surface area contributed by atoms with E-state index in [9.17, 15) is 0 Å². The van der Waals surface area contributed by atoms with Crippen LogP contribution in [0.5, 0.6) is 0 Å². The van der Waals surface area contributed by atoms with Gasteiger partial charge >= 0.3 is 0 Å². The van der Waals surface area contributed by atoms with Crippen LogP contribution in [0.4, 0.5) is 0 Å². The van der Waals surface area contributed by atoms with Crippen molar-refractivity contribution in [2.75, 3.05) is 0 Å². The van der Waals surface area contributed by atoms with Crippen LogP contribution < -0.4 is 0 Å². The second-order valence-corrected chi connectivity index (χ2v) is 13.4. The summed E-state index contributed by atoms with van der Waals surface area (Å²) in [5.41, 5.74) is 11.1. The molecule has 38 heavy (non-hydrogen) atoms. The lowest BCUT2D eigenvalue weighted by Gasteiger charge is -2.45. The van der Waals surface area contributed by atoms with Gasteiger partial charge in [-0.1, -0.05) is 113 Å². The van der Waals surface area contributed by atoms with Gasteiger partial charge in [0.15, 0.2) is 0 Å². The number of benzene rings is 3. The van der Waals surface area contributed by atoms with Gasteiger partial charge in [-0.05, 0) is 113 Å². The molecule has 0 N–H and O–H groups in total. The SMILES string of the molecule is CCCc1ccc(C2CC(C(C)C3Cc4ccccc4CC3C3CCCC(C)C3)c3ccccc32)cc1C. The van der Waals surface area contributed by atoms with Crippen molar-refractivity contribution >= 4 is 0 Å². The second-order valence-electron chi connectivity index (χ2n) is 13.4. The first-order valence-corrected chi connectivity index (χ1v) is 15.8. The minimum Gasteiger partial charge on any atom is -0.0651 e. The van der Waals surface area contributed by atoms with E-state index >= 15 is 0 Å². The van der Waals surface area contributed by atoms with Gasteiger partial charge in [-0.3, -0.25) is 0 Å². The van der Waals surface area contributed by atoms with Crippen LogP contribution in [-0.2, 0) is 19.3 Å². The van der Waals surface area contributed by atoms with Crippen molar-refractivity contribution < 1.29 is 0 Å². The Morgan fingerprint density at radius 3 is 2.32 bits per heavy atom. The Morgan fingerprint density at radius 2 is 1.58 bits per heavy atom. The van der Waals surface area contributed by atoms with Crippen molar-refractivity contribution in [1.29, 1.82) is 0 Å². The summed E-state index contributed by atoms with van der Waals surface area (Å²) in [6.45, 7) is 9.76. The summed E-state index contributed by atoms with van der Waals surface area (Å²) in [6.07, 6.45) is 12.0. The highest BCUT2D eigenvalue weighted by Crippen LogP contribution is 2.54. The molecule has 0 bridgehead atoms. The van der Waals surface area contributed by atoms with Gasteiger partial charge in [0, 0.05) is 5.92 Å². The van der Waals surface area contributed by atoms with Gasteiger partial charge in [0.1, 0.15) is 0 Å². The van der Waals surface area contributed by atoms with Crippen LogP contribution in [0, 0.1) is 36.5 Å². The molecule has 0 amide bonds. The van der Waals surface area contributed by atoms with Gasteiger partial charge in [0.05, 0.1) is 0 Å². The van der Waals surface area contributed by atoms with Gasteiger partial charge in [0.2, 0.25) is 0 Å². The van der Waals surface area contributed by atoms with Gasteiger partial charge in [0.25, 0.3) is 0 Å². The number of hydrogen-bond donors (Lipinski definition) is 0. The Balaban J connectivity index is 1.32. The Labute approximate surface area is 232 Å². The molecule has 0 radical (unpaired) electrons. The van der Waals surface area contributed by atoms with E-state index < -0.39 is 0 Å². The van der Waals surface area contributed by atoms with E-state index in [1.807, 2.05) is 0 Å². The summed E-state index contributed by atoms with van der Waals surface area (Å²) in [5.74, 6) is 5.33. The number of aryl methyl sites for hydroxylation is 2. The van der Waals surface area contributed by atoms with E-state index in [4.69, 9.17) is 0 Å². The molecular formula is C38H48. The molecule has 200 valence electrons. The summed E-state index contributed by atoms with van der Waals surface area (Å²) >= 11 is 0. The topological polar surface area (TPSA) is 0 Å². The molecule has 0 aromatic heterocycles. The molecule has 6 rings (SSSR count). The third-order valence-electron chi connectivity index (χ3n) is 11.0. The maximum atomic E-state index is 2.64. The summed E-state index contributed by atoms with van der Waals surface area (Å²) in [6, 6.07) is 26.3. The number of fused-ring (bicyclic) bond motifs is 2. The summed E-state index contributed by atoms with van der Waals surface area (Å²) < 4.78 is 0. The van der Waals surface area contributed by atoms with Gasteiger partial charge in [-0.25, -0.2) is 0 Å². The standard InChI is InChI=1S/C38H48/c1-5-11-28-18-19-32(21-26(28)3)38-24-36(33-16-8-9-17-34(33)38)27(4)35-22-29-13-6-7-14-30(29)23-37(35)31-15-10-12-25(2)20-31/h6-9,13-14,16-19,21,25,27,31,35-38H,5,10-12,15,20,22-24H2,1-4H3. The summed E-state index contributed by atoms with van der Waals surface area (Å²) in [4.78, 5) is 0. The molecule has 7 atom stereocenters. The van der Waals surface area contributed by atoms with Crippen molar-refractivity contribution in [2.45, 2.75) is 97.3 Å². The molecule has 0 spiro atoms. The molecule has 0 heteroatoms. The lowest BCUT2D eigenvalue weighted by atomic mass is 9.60. The minimum absolute atomic E-state index is 0.539. The highest BCUT2D eigenvalue weighted by Gasteiger charge is 2.43. The largest absolute Gasteiger partial charge is 0.0651 e. The van der Waals surface area contributed by atoms with E-state index in [1.54, 1.807) is 22.3 Å². The monoisotopic (exact) mass is 504 g/mol. The van der Waals surface area contributed by atoms with Crippen LogP contribution in [0.2, 0.25) is 0 Å². The van der Waals surface area contributed by atoms with Crippen LogP contribution in [0.3, 0.4) is 0 Å². The normalized spacial score (nSPS) is 29.5. The molecule has 0 aliphatic heterocycles. The first-order chi connectivity index (χ1) is 18.5. The molecule has 3 aliphatic carbocycles. The Kier molecular flexibility index (Phi) is 7.52. The minimum atomic E-state index is 0.539. The predicted octanol–water partition coefficient (Wildman–Crippen LogP) is 10.1. The van der Waals surface area contributed by atoms with E-state index in [0.29, 0.717) is 17.8 Å². The van der Waals surface area contributed by atoms with Gasteiger partial charge < -0.3 is 0 Å². The zero-order valence-corrected chi connectivity index (χ0v) is 24.3. The van der Waals surface area contributed by atoms with Crippen LogP contribution >= 0.6 is 0 Å². The van der Waals surface area contributed by atoms with E-state index in [2.05, 4.69) is 94.4 Å². The molecule has 0 saturated heterocycles. The van der Waals surface area contributed by atoms with Crippen molar-refractivity contribution in [3.8, 4) is 0 Å². The molecule has 3 aliphatic rings. The fourth-order valence-electron chi connectivity index (χ4n) is 9.00. The van der Waals surface area contributed by atoms with E-state index in [1.165, 1.54) is 74.5 Å². The maximum absolute atomic E-state index is 2.64. The molecule has 7 unspecified atom stereocenters. The average Bonchev–Trinajstić information content (AvgIpc) is 3.33. The average molecular weight is 505 g/mol. The lowest BCUT2D eigenvalue weighted by Crippen LogP contribution is -2.38. The third kappa shape index (κ3) is 4.89. The third-order valence-corrected chi connectivity index (χ3v) is 11.0. The van der Waals surface area contributed by atoms with E-state index in [-0.39, 0.29) is 0 Å². The first-order valence-electron chi connectivity index (χ1n) is 15.8. The lowest BCUT2D eigenvalue weighted by molar-refractivity contribution is 0.0973. The maximum Gasteiger partial charge on any atom is 0.00981 e. The van der Waals surface area contributed by atoms with Crippen molar-refractivity contribution in [3.05, 3.63) is 106 Å². The van der Waals surface area contributed by atoms with Crippen molar-refractivity contribution in [3.63, 3.8) is 0 Å². The van der Waals surface area contributed by atoms with Gasteiger partial charge in [-0.2, -0.15) is 0 Å². The molecule has 3 aromatic carbocycles. The fourth-order valence-corrected chi connectivity index (χ4v) is 9.00. The summed E-state index contributed by atoms with van der Waals surface area (Å²) in [5, 5.41) is 0. The molecule has 0 heterocycles. The summed E-state index contributed by atoms with van der Waals surface area (Å²) in [7, 11) is 0. The van der Waals surface area contributed by atoms with Crippen molar-refractivity contribution in [2.24, 2.45) is 29.6 Å². The first kappa shape index (κ1) is 25.9. The quantitative estimate of drug-likeness (QED) is 0.313. The smallest absolute Gasteiger partial charge is 0.00981 e. The zero-order valence-electron chi connectivity index (χ0n) is 24.3. The van der Waals surface area contributed by atoms with Crippen LogP contribution in [0.15, 0.2) is 66.7 Å². The number of rotatable bonds is 6. The molecule has 3 aromatic rings. The predicted molar refractivity (Wildman–Crippen MR) is 162 cm³/mol. The highest BCUT2D eigenvalue weighted by molar-refractivity contribution is 5.47. The van der Waals surface area contributed by atoms with E-state index in [0.717, 1.165) is 23.7 Å². The molecule has 1 fully saturated rings. The fraction of sp³-hybridized carbons (Fsp3) is 0.526. The Hall–Kier alpha value is -2.34. The molecule has 1 saturated carbocycles. The highest BCUT2D eigenvalue weighted by atomic mass is 14.5. The molecule has 0 nitrogen and oxygen atoms in total. The Bertz CT molecular complexity index is 1250. The second kappa shape index (κ2) is 11.0. The number of hydrogen-bond acceptors (Lipinski definition) is 0. The van der Waals surface area contributed by atoms with Crippen LogP contribution in [0.1, 0.15) is 110 Å². The zero-order chi connectivity index (χ0) is 26.2. The van der Waals surface area contributed by atoms with Crippen LogP contribution in [-0.4, -0.2) is 0 Å². The van der Waals surface area contributed by atoms with Gasteiger partial charge in [-0.15, -0.1) is 0 Å². The Morgan fingerprint density at radius 1 is 0.842 bits per heavy atom. The van der Waals surface area contributed by atoms with Crippen LogP contribution in [0.25, 0.3) is 0 Å². The van der Waals surface area contributed by atoms with Crippen molar-refractivity contribution in [1.82, 2.24) is 0 Å². The molecular weight excluding hydrogens is 456 g/mol.